The molecule has 0 heterocycles. The highest BCUT2D eigenvalue weighted by Crippen LogP contribution is 2.67. The lowest BCUT2D eigenvalue weighted by Gasteiger charge is -2.64. The third-order valence-corrected chi connectivity index (χ3v) is 6.28. The maximum Gasteiger partial charge on any atom is 0.137 e. The molecule has 3 saturated carbocycles. The smallest absolute Gasteiger partial charge is 0.137 e. The molecule has 2 heteroatoms. The first kappa shape index (κ1) is 8.74. The Hall–Kier alpha value is 0.150. The molecule has 3 unspecified atom stereocenters. The van der Waals surface area contributed by atoms with E-state index in [4.69, 9.17) is 0 Å². The number of halogens is 1. The van der Waals surface area contributed by atoms with Crippen molar-refractivity contribution < 1.29 is 4.79 Å². The Morgan fingerprint density at radius 3 is 2.50 bits per heavy atom. The number of Topliss-reactive ketones (excluding diaryl/α,β-unsaturated/α-hetero) is 1. The summed E-state index contributed by atoms with van der Waals surface area (Å²) in [6.45, 7) is 6.62. The third-order valence-electron chi connectivity index (χ3n) is 4.25. The van der Waals surface area contributed by atoms with Gasteiger partial charge in [0, 0.05) is 16.7 Å². The average molecular weight is 231 g/mol. The number of hydrogen-bond acceptors (Lipinski definition) is 1. The molecule has 0 aromatic heterocycles. The van der Waals surface area contributed by atoms with Crippen molar-refractivity contribution >= 4 is 21.7 Å². The van der Waals surface area contributed by atoms with Gasteiger partial charge in [0.2, 0.25) is 0 Å². The van der Waals surface area contributed by atoms with Crippen molar-refractivity contribution in [2.45, 2.75) is 37.9 Å². The topological polar surface area (TPSA) is 17.1 Å². The van der Waals surface area contributed by atoms with E-state index in [2.05, 4.69) is 36.7 Å². The van der Waals surface area contributed by atoms with Gasteiger partial charge in [-0.2, -0.15) is 0 Å². The zero-order valence-electron chi connectivity index (χ0n) is 7.86. The Kier molecular flexibility index (Phi) is 1.56. The molecule has 68 valence electrons. The normalized spacial score (nSPS) is 50.2. The molecule has 0 N–H and O–H groups in total. The van der Waals surface area contributed by atoms with Gasteiger partial charge in [-0.05, 0) is 17.8 Å². The van der Waals surface area contributed by atoms with Gasteiger partial charge in [-0.3, -0.25) is 4.79 Å². The predicted molar refractivity (Wildman–Crippen MR) is 52.3 cm³/mol. The summed E-state index contributed by atoms with van der Waals surface area (Å²) in [4.78, 5) is 11.5. The van der Waals surface area contributed by atoms with E-state index < -0.39 is 0 Å². The van der Waals surface area contributed by atoms with Gasteiger partial charge in [0.05, 0.1) is 0 Å². The minimum atomic E-state index is 0.111. The molecular weight excluding hydrogens is 216 g/mol. The van der Waals surface area contributed by atoms with Crippen molar-refractivity contribution in [2.75, 3.05) is 0 Å². The molecular formula is C10H15BrO. The molecule has 0 saturated heterocycles. The first-order valence-corrected chi connectivity index (χ1v) is 5.40. The largest absolute Gasteiger partial charge is 0.299 e. The molecule has 0 aromatic carbocycles. The molecule has 0 radical (unpaired) electrons. The molecule has 2 bridgehead atoms. The highest BCUT2D eigenvalue weighted by molar-refractivity contribution is 9.10. The van der Waals surface area contributed by atoms with Crippen LogP contribution in [0.2, 0.25) is 0 Å². The fourth-order valence-corrected chi connectivity index (χ4v) is 3.79. The van der Waals surface area contributed by atoms with Gasteiger partial charge in [-0.1, -0.05) is 36.7 Å². The van der Waals surface area contributed by atoms with Crippen molar-refractivity contribution in [1.29, 1.82) is 0 Å². The van der Waals surface area contributed by atoms with E-state index in [0.29, 0.717) is 17.1 Å². The average Bonchev–Trinajstić information content (AvgIpc) is 1.99. The molecule has 12 heavy (non-hydrogen) atoms. The van der Waals surface area contributed by atoms with Crippen LogP contribution in [-0.4, -0.2) is 10.1 Å². The Balaban J connectivity index is 2.36. The fourth-order valence-electron chi connectivity index (χ4n) is 2.82. The number of carbonyl (C=O) groups excluding carboxylic acids is 1. The van der Waals surface area contributed by atoms with E-state index >= 15 is 0 Å². The van der Waals surface area contributed by atoms with Gasteiger partial charge in [-0.15, -0.1) is 0 Å². The van der Waals surface area contributed by atoms with Gasteiger partial charge in [0.15, 0.2) is 0 Å². The lowest BCUT2D eigenvalue weighted by molar-refractivity contribution is -0.144. The van der Waals surface area contributed by atoms with Crippen LogP contribution in [0.15, 0.2) is 0 Å². The fraction of sp³-hybridized carbons (Fsp3) is 0.900. The highest BCUT2D eigenvalue weighted by atomic mass is 79.9. The molecule has 0 aliphatic heterocycles. The van der Waals surface area contributed by atoms with Crippen LogP contribution in [0.5, 0.6) is 0 Å². The summed E-state index contributed by atoms with van der Waals surface area (Å²) in [7, 11) is 0. The molecule has 0 spiro atoms. The first-order valence-electron chi connectivity index (χ1n) is 4.61. The van der Waals surface area contributed by atoms with E-state index in [-0.39, 0.29) is 10.2 Å². The summed E-state index contributed by atoms with van der Waals surface area (Å²) in [6, 6.07) is 0. The van der Waals surface area contributed by atoms with Crippen LogP contribution in [0.4, 0.5) is 0 Å². The monoisotopic (exact) mass is 230 g/mol. The Morgan fingerprint density at radius 1 is 1.50 bits per heavy atom. The van der Waals surface area contributed by atoms with E-state index in [1.165, 1.54) is 6.42 Å². The second-order valence-corrected chi connectivity index (χ2v) is 6.29. The number of carbonyl (C=O) groups is 1. The van der Waals surface area contributed by atoms with Crippen LogP contribution in [0.1, 0.15) is 33.6 Å². The summed E-state index contributed by atoms with van der Waals surface area (Å²) in [5, 5.41) is 0. The predicted octanol–water partition coefficient (Wildman–Crippen LogP) is 2.78. The molecule has 3 rings (SSSR count). The Morgan fingerprint density at radius 2 is 2.08 bits per heavy atom. The molecule has 0 amide bonds. The molecule has 3 aliphatic rings. The first-order chi connectivity index (χ1) is 5.39. The van der Waals surface area contributed by atoms with Crippen molar-refractivity contribution in [1.82, 2.24) is 0 Å². The molecule has 3 fully saturated rings. The van der Waals surface area contributed by atoms with Crippen LogP contribution >= 0.6 is 15.9 Å². The summed E-state index contributed by atoms with van der Waals surface area (Å²) in [5.74, 6) is 1.28. The van der Waals surface area contributed by atoms with Gasteiger partial charge in [0.25, 0.3) is 0 Å². The summed E-state index contributed by atoms with van der Waals surface area (Å²) < 4.78 is 0.111. The zero-order chi connectivity index (χ0) is 9.15. The standard InChI is InChI=1S/C10H15BrO/c1-6-8(12)4-7-5-10(6,11)9(7,2)3/h6-7H,4-5H2,1-3H3. The molecule has 0 aromatic rings. The van der Waals surface area contributed by atoms with Crippen LogP contribution in [0, 0.1) is 17.3 Å². The molecule has 3 atom stereocenters. The lowest BCUT2D eigenvalue weighted by atomic mass is 9.45. The number of hydrogen-bond donors (Lipinski definition) is 0. The Labute approximate surface area is 82.0 Å². The lowest BCUT2D eigenvalue weighted by Crippen LogP contribution is -2.66. The maximum atomic E-state index is 11.5. The van der Waals surface area contributed by atoms with E-state index in [1.807, 2.05) is 0 Å². The van der Waals surface area contributed by atoms with Crippen LogP contribution in [-0.2, 0) is 4.79 Å². The van der Waals surface area contributed by atoms with Crippen LogP contribution < -0.4 is 0 Å². The van der Waals surface area contributed by atoms with Crippen LogP contribution in [0.25, 0.3) is 0 Å². The molecule has 3 aliphatic carbocycles. The zero-order valence-corrected chi connectivity index (χ0v) is 9.44. The highest BCUT2D eigenvalue weighted by Gasteiger charge is 2.65. The minimum Gasteiger partial charge on any atom is -0.299 e. The number of rotatable bonds is 0. The Bertz CT molecular complexity index is 246. The van der Waals surface area contributed by atoms with Crippen molar-refractivity contribution in [3.05, 3.63) is 0 Å². The summed E-state index contributed by atoms with van der Waals surface area (Å²) in [5.41, 5.74) is 0.320. The van der Waals surface area contributed by atoms with E-state index in [9.17, 15) is 4.79 Å². The number of fused-ring (bicyclic) bond motifs is 2. The van der Waals surface area contributed by atoms with Crippen LogP contribution in [0.3, 0.4) is 0 Å². The van der Waals surface area contributed by atoms with E-state index in [1.54, 1.807) is 0 Å². The van der Waals surface area contributed by atoms with Gasteiger partial charge >= 0.3 is 0 Å². The SMILES string of the molecule is CC1C(=O)CC2CC1(Br)C2(C)C. The van der Waals surface area contributed by atoms with Gasteiger partial charge in [-0.25, -0.2) is 0 Å². The number of ketones is 1. The number of alkyl halides is 1. The summed E-state index contributed by atoms with van der Waals surface area (Å²) in [6.07, 6.45) is 1.99. The third kappa shape index (κ3) is 0.729. The van der Waals surface area contributed by atoms with Crippen molar-refractivity contribution in [3.63, 3.8) is 0 Å². The minimum absolute atomic E-state index is 0.111. The second-order valence-electron chi connectivity index (χ2n) is 4.88. The van der Waals surface area contributed by atoms with Crippen molar-refractivity contribution in [2.24, 2.45) is 17.3 Å². The van der Waals surface area contributed by atoms with Crippen molar-refractivity contribution in [3.8, 4) is 0 Å². The maximum absolute atomic E-state index is 11.5. The van der Waals surface area contributed by atoms with Gasteiger partial charge < -0.3 is 0 Å². The van der Waals surface area contributed by atoms with E-state index in [0.717, 1.165) is 6.42 Å². The van der Waals surface area contributed by atoms with Gasteiger partial charge in [0.1, 0.15) is 5.78 Å². The second kappa shape index (κ2) is 2.14. The quantitative estimate of drug-likeness (QED) is 0.586. The molecule has 1 nitrogen and oxygen atoms in total. The summed E-state index contributed by atoms with van der Waals surface area (Å²) >= 11 is 3.76.